The number of hydrogen-bond acceptors (Lipinski definition) is 5. The molecule has 0 aliphatic carbocycles. The van der Waals surface area contributed by atoms with Crippen LogP contribution in [-0.4, -0.2) is 68.7 Å². The summed E-state index contributed by atoms with van der Waals surface area (Å²) in [6, 6.07) is 11.4. The van der Waals surface area contributed by atoms with Crippen LogP contribution in [0.4, 0.5) is 0 Å². The van der Waals surface area contributed by atoms with Gasteiger partial charge in [0.1, 0.15) is 0 Å². The Morgan fingerprint density at radius 3 is 2.56 bits per heavy atom. The van der Waals surface area contributed by atoms with Crippen LogP contribution >= 0.6 is 0 Å². The SMILES string of the molecule is CC(NCC1(CCO)CCOC1)C(c1ccccc1)N1CCOCC1. The molecule has 0 radical (unpaired) electrons. The summed E-state index contributed by atoms with van der Waals surface area (Å²) in [5, 5.41) is 13.2. The van der Waals surface area contributed by atoms with Gasteiger partial charge in [0.25, 0.3) is 0 Å². The number of aliphatic hydroxyl groups excluding tert-OH is 1. The van der Waals surface area contributed by atoms with Gasteiger partial charge in [-0.15, -0.1) is 0 Å². The van der Waals surface area contributed by atoms with E-state index in [2.05, 4.69) is 47.5 Å². The van der Waals surface area contributed by atoms with Gasteiger partial charge in [-0.05, 0) is 25.3 Å². The van der Waals surface area contributed by atoms with Crippen molar-refractivity contribution in [3.63, 3.8) is 0 Å². The predicted octanol–water partition coefficient (Wildman–Crippen LogP) is 1.83. The molecule has 2 aliphatic rings. The normalized spacial score (nSPS) is 27.3. The minimum Gasteiger partial charge on any atom is -0.396 e. The van der Waals surface area contributed by atoms with E-state index in [1.54, 1.807) is 0 Å². The lowest BCUT2D eigenvalue weighted by Crippen LogP contribution is -2.49. The summed E-state index contributed by atoms with van der Waals surface area (Å²) in [6.07, 6.45) is 1.83. The molecule has 25 heavy (non-hydrogen) atoms. The number of morpholine rings is 1. The number of ether oxygens (including phenoxy) is 2. The average molecular weight is 348 g/mol. The molecule has 1 aromatic carbocycles. The van der Waals surface area contributed by atoms with Crippen molar-refractivity contribution in [3.8, 4) is 0 Å². The van der Waals surface area contributed by atoms with Crippen molar-refractivity contribution in [1.29, 1.82) is 0 Å². The van der Waals surface area contributed by atoms with E-state index in [-0.39, 0.29) is 12.0 Å². The second-order valence-corrected chi connectivity index (χ2v) is 7.45. The molecule has 0 saturated carbocycles. The molecule has 0 aromatic heterocycles. The monoisotopic (exact) mass is 348 g/mol. The molecule has 2 aliphatic heterocycles. The Bertz CT molecular complexity index is 499. The Hall–Kier alpha value is -0.980. The van der Waals surface area contributed by atoms with E-state index in [1.807, 2.05) is 0 Å². The molecule has 140 valence electrons. The highest BCUT2D eigenvalue weighted by molar-refractivity contribution is 5.21. The van der Waals surface area contributed by atoms with Gasteiger partial charge in [0.15, 0.2) is 0 Å². The van der Waals surface area contributed by atoms with Crippen LogP contribution in [0.15, 0.2) is 30.3 Å². The zero-order chi connectivity index (χ0) is 17.5. The Morgan fingerprint density at radius 1 is 1.16 bits per heavy atom. The van der Waals surface area contributed by atoms with E-state index < -0.39 is 0 Å². The summed E-state index contributed by atoms with van der Waals surface area (Å²) in [7, 11) is 0. The molecular weight excluding hydrogens is 316 g/mol. The smallest absolute Gasteiger partial charge is 0.0594 e. The Balaban J connectivity index is 1.69. The van der Waals surface area contributed by atoms with E-state index in [1.165, 1.54) is 5.56 Å². The third-order valence-corrected chi connectivity index (χ3v) is 5.68. The Morgan fingerprint density at radius 2 is 1.92 bits per heavy atom. The molecule has 3 rings (SSSR count). The van der Waals surface area contributed by atoms with E-state index in [9.17, 15) is 5.11 Å². The van der Waals surface area contributed by atoms with Gasteiger partial charge >= 0.3 is 0 Å². The molecule has 2 heterocycles. The first kappa shape index (κ1) is 18.8. The highest BCUT2D eigenvalue weighted by Gasteiger charge is 2.36. The molecule has 3 unspecified atom stereocenters. The van der Waals surface area contributed by atoms with Crippen LogP contribution < -0.4 is 5.32 Å². The molecule has 3 atom stereocenters. The minimum absolute atomic E-state index is 0.0786. The number of aliphatic hydroxyl groups is 1. The first-order valence-electron chi connectivity index (χ1n) is 9.53. The zero-order valence-corrected chi connectivity index (χ0v) is 15.3. The van der Waals surface area contributed by atoms with E-state index in [0.717, 1.165) is 58.9 Å². The highest BCUT2D eigenvalue weighted by atomic mass is 16.5. The number of rotatable bonds is 8. The van der Waals surface area contributed by atoms with Crippen LogP contribution in [0.1, 0.15) is 31.4 Å². The average Bonchev–Trinajstić information content (AvgIpc) is 3.11. The fourth-order valence-electron chi connectivity index (χ4n) is 4.12. The minimum atomic E-state index is 0.0786. The zero-order valence-electron chi connectivity index (χ0n) is 15.3. The van der Waals surface area contributed by atoms with Crippen LogP contribution in [0.5, 0.6) is 0 Å². The van der Waals surface area contributed by atoms with Crippen LogP contribution in [0.3, 0.4) is 0 Å². The van der Waals surface area contributed by atoms with Gasteiger partial charge in [0.2, 0.25) is 0 Å². The lowest BCUT2D eigenvalue weighted by molar-refractivity contribution is 0.00725. The van der Waals surface area contributed by atoms with Gasteiger partial charge in [-0.3, -0.25) is 4.90 Å². The van der Waals surface area contributed by atoms with Crippen molar-refractivity contribution < 1.29 is 14.6 Å². The maximum Gasteiger partial charge on any atom is 0.0594 e. The summed E-state index contributed by atoms with van der Waals surface area (Å²) in [5.74, 6) is 0. The molecule has 2 N–H and O–H groups in total. The van der Waals surface area contributed by atoms with Crippen molar-refractivity contribution in [2.24, 2.45) is 5.41 Å². The Kier molecular flexibility index (Phi) is 6.84. The van der Waals surface area contributed by atoms with Crippen LogP contribution in [-0.2, 0) is 9.47 Å². The molecule has 5 heteroatoms. The lowest BCUT2D eigenvalue weighted by Gasteiger charge is -2.40. The van der Waals surface area contributed by atoms with Crippen molar-refractivity contribution in [3.05, 3.63) is 35.9 Å². The largest absolute Gasteiger partial charge is 0.396 e. The quantitative estimate of drug-likeness (QED) is 0.751. The molecule has 2 fully saturated rings. The first-order valence-corrected chi connectivity index (χ1v) is 9.53. The second kappa shape index (κ2) is 9.10. The number of benzene rings is 1. The number of nitrogens with zero attached hydrogens (tertiary/aromatic N) is 1. The summed E-state index contributed by atoms with van der Waals surface area (Å²) in [4.78, 5) is 2.53. The topological polar surface area (TPSA) is 54.0 Å². The first-order chi connectivity index (χ1) is 12.2. The van der Waals surface area contributed by atoms with E-state index >= 15 is 0 Å². The molecule has 0 amide bonds. The van der Waals surface area contributed by atoms with Crippen molar-refractivity contribution in [1.82, 2.24) is 10.2 Å². The van der Waals surface area contributed by atoms with Gasteiger partial charge in [-0.1, -0.05) is 30.3 Å². The number of nitrogens with one attached hydrogen (secondary N) is 1. The summed E-state index contributed by atoms with van der Waals surface area (Å²) in [6.45, 7) is 8.50. The summed E-state index contributed by atoms with van der Waals surface area (Å²) < 4.78 is 11.2. The molecule has 5 nitrogen and oxygen atoms in total. The standard InChI is InChI=1S/C20H32N2O3/c1-17(21-15-20(7-11-23)8-12-25-16-20)19(18-5-3-2-4-6-18)22-9-13-24-14-10-22/h2-6,17,19,21,23H,7-16H2,1H3. The molecular formula is C20H32N2O3. The lowest BCUT2D eigenvalue weighted by atomic mass is 9.83. The molecule has 1 aromatic rings. The van der Waals surface area contributed by atoms with Crippen molar-refractivity contribution >= 4 is 0 Å². The fraction of sp³-hybridized carbons (Fsp3) is 0.700. The fourth-order valence-corrected chi connectivity index (χ4v) is 4.12. The van der Waals surface area contributed by atoms with Gasteiger partial charge < -0.3 is 19.9 Å². The van der Waals surface area contributed by atoms with E-state index in [4.69, 9.17) is 9.47 Å². The number of hydrogen-bond donors (Lipinski definition) is 2. The molecule has 2 saturated heterocycles. The van der Waals surface area contributed by atoms with Gasteiger partial charge in [-0.25, -0.2) is 0 Å². The summed E-state index contributed by atoms with van der Waals surface area (Å²) >= 11 is 0. The summed E-state index contributed by atoms with van der Waals surface area (Å²) in [5.41, 5.74) is 1.43. The van der Waals surface area contributed by atoms with Gasteiger partial charge in [0.05, 0.1) is 25.9 Å². The van der Waals surface area contributed by atoms with Crippen LogP contribution in [0.2, 0.25) is 0 Å². The third-order valence-electron chi connectivity index (χ3n) is 5.68. The molecule has 0 bridgehead atoms. The Labute approximate surface area is 151 Å². The van der Waals surface area contributed by atoms with E-state index in [0.29, 0.717) is 12.1 Å². The van der Waals surface area contributed by atoms with Crippen LogP contribution in [0, 0.1) is 5.41 Å². The molecule has 0 spiro atoms. The van der Waals surface area contributed by atoms with Gasteiger partial charge in [0, 0.05) is 44.3 Å². The maximum absolute atomic E-state index is 9.44. The third kappa shape index (κ3) is 4.80. The van der Waals surface area contributed by atoms with Crippen molar-refractivity contribution in [2.75, 3.05) is 52.7 Å². The highest BCUT2D eigenvalue weighted by Crippen LogP contribution is 2.32. The van der Waals surface area contributed by atoms with Crippen molar-refractivity contribution in [2.45, 2.75) is 31.8 Å². The second-order valence-electron chi connectivity index (χ2n) is 7.45. The van der Waals surface area contributed by atoms with Gasteiger partial charge in [-0.2, -0.15) is 0 Å². The maximum atomic E-state index is 9.44. The predicted molar refractivity (Wildman–Crippen MR) is 98.6 cm³/mol. The van der Waals surface area contributed by atoms with Crippen LogP contribution in [0.25, 0.3) is 0 Å².